The number of fused-ring (bicyclic) bond motifs is 1. The zero-order valence-electron chi connectivity index (χ0n) is 14.2. The summed E-state index contributed by atoms with van der Waals surface area (Å²) >= 11 is 0. The molecule has 6 heteroatoms. The van der Waals surface area contributed by atoms with Gasteiger partial charge in [-0.15, -0.1) is 0 Å². The fourth-order valence-electron chi connectivity index (χ4n) is 4.45. The fraction of sp³-hybridized carbons (Fsp3) is 0.526. The quantitative estimate of drug-likeness (QED) is 0.839. The smallest absolute Gasteiger partial charge is 0.255 e. The van der Waals surface area contributed by atoms with E-state index in [0.717, 1.165) is 36.8 Å². The van der Waals surface area contributed by atoms with Gasteiger partial charge in [-0.25, -0.2) is 4.39 Å². The molecule has 1 aromatic rings. The molecule has 4 rings (SSSR count). The fourth-order valence-corrected chi connectivity index (χ4v) is 4.45. The average molecular weight is 344 g/mol. The van der Waals surface area contributed by atoms with E-state index in [1.807, 2.05) is 0 Å². The number of carbonyl (C=O) groups is 3. The van der Waals surface area contributed by atoms with Gasteiger partial charge in [0.05, 0.1) is 0 Å². The third-order valence-corrected chi connectivity index (χ3v) is 6.01. The number of amides is 3. The van der Waals surface area contributed by atoms with Gasteiger partial charge in [-0.05, 0) is 55.4 Å². The van der Waals surface area contributed by atoms with Crippen molar-refractivity contribution in [1.82, 2.24) is 10.2 Å². The highest BCUT2D eigenvalue weighted by Gasteiger charge is 2.49. The Morgan fingerprint density at radius 2 is 1.92 bits per heavy atom. The molecule has 1 N–H and O–H groups in total. The predicted molar refractivity (Wildman–Crippen MR) is 88.3 cm³/mol. The molecular formula is C19H21FN2O3. The van der Waals surface area contributed by atoms with Crippen LogP contribution in [0.15, 0.2) is 12.1 Å². The average Bonchev–Trinajstić information content (AvgIpc) is 3.20. The zero-order chi connectivity index (χ0) is 17.8. The van der Waals surface area contributed by atoms with Crippen molar-refractivity contribution in [3.8, 4) is 0 Å². The molecule has 3 amide bonds. The molecule has 1 atom stereocenters. The van der Waals surface area contributed by atoms with E-state index < -0.39 is 17.3 Å². The molecule has 2 fully saturated rings. The third-order valence-electron chi connectivity index (χ3n) is 6.01. The van der Waals surface area contributed by atoms with Crippen LogP contribution in [0.1, 0.15) is 72.9 Å². The molecule has 25 heavy (non-hydrogen) atoms. The summed E-state index contributed by atoms with van der Waals surface area (Å²) in [5.41, 5.74) is 1.06. The maximum atomic E-state index is 14.1. The van der Waals surface area contributed by atoms with Crippen LogP contribution in [0, 0.1) is 5.82 Å². The first-order chi connectivity index (χ1) is 11.9. The van der Waals surface area contributed by atoms with Gasteiger partial charge in [0.1, 0.15) is 11.4 Å². The van der Waals surface area contributed by atoms with Crippen molar-refractivity contribution in [3.05, 3.63) is 34.6 Å². The zero-order valence-corrected chi connectivity index (χ0v) is 14.2. The normalized spacial score (nSPS) is 27.0. The predicted octanol–water partition coefficient (Wildman–Crippen LogP) is 2.63. The topological polar surface area (TPSA) is 66.5 Å². The Morgan fingerprint density at radius 1 is 1.20 bits per heavy atom. The van der Waals surface area contributed by atoms with Crippen LogP contribution in [0.25, 0.3) is 0 Å². The first-order valence-corrected chi connectivity index (χ1v) is 8.89. The maximum absolute atomic E-state index is 14.1. The monoisotopic (exact) mass is 344 g/mol. The highest BCUT2D eigenvalue weighted by Crippen LogP contribution is 2.42. The Bertz CT molecular complexity index is 785. The van der Waals surface area contributed by atoms with E-state index in [2.05, 4.69) is 5.32 Å². The summed E-state index contributed by atoms with van der Waals surface area (Å²) in [5.74, 6) is -1.20. The molecule has 1 saturated carbocycles. The van der Waals surface area contributed by atoms with Crippen LogP contribution in [-0.4, -0.2) is 28.2 Å². The number of nitrogens with zero attached hydrogens (tertiary/aromatic N) is 1. The van der Waals surface area contributed by atoms with Crippen molar-refractivity contribution >= 4 is 17.7 Å². The molecule has 1 unspecified atom stereocenters. The van der Waals surface area contributed by atoms with Gasteiger partial charge in [-0.3, -0.25) is 19.7 Å². The summed E-state index contributed by atoms with van der Waals surface area (Å²) in [7, 11) is 0. The summed E-state index contributed by atoms with van der Waals surface area (Å²) in [6, 6.07) is 2.84. The lowest BCUT2D eigenvalue weighted by Gasteiger charge is -2.39. The Balaban J connectivity index is 1.72. The number of benzene rings is 1. The number of hydrogen-bond acceptors (Lipinski definition) is 3. The van der Waals surface area contributed by atoms with Gasteiger partial charge in [0, 0.05) is 18.5 Å². The molecule has 2 heterocycles. The van der Waals surface area contributed by atoms with E-state index in [4.69, 9.17) is 0 Å². The summed E-state index contributed by atoms with van der Waals surface area (Å²) in [6.45, 7) is 1.99. The molecule has 5 nitrogen and oxygen atoms in total. The van der Waals surface area contributed by atoms with Crippen molar-refractivity contribution in [1.29, 1.82) is 0 Å². The van der Waals surface area contributed by atoms with Crippen molar-refractivity contribution in [3.63, 3.8) is 0 Å². The summed E-state index contributed by atoms with van der Waals surface area (Å²) in [5, 5.41) is 2.33. The molecule has 0 aromatic heterocycles. The van der Waals surface area contributed by atoms with Crippen LogP contribution in [0.4, 0.5) is 4.39 Å². The molecular weight excluding hydrogens is 323 g/mol. The van der Waals surface area contributed by atoms with Crippen LogP contribution in [0.2, 0.25) is 0 Å². The number of carbonyl (C=O) groups excluding carboxylic acids is 3. The molecule has 1 saturated heterocycles. The van der Waals surface area contributed by atoms with Crippen LogP contribution in [0.3, 0.4) is 0 Å². The van der Waals surface area contributed by atoms with E-state index in [1.165, 1.54) is 11.0 Å². The lowest BCUT2D eigenvalue weighted by atomic mass is 9.89. The van der Waals surface area contributed by atoms with E-state index in [-0.39, 0.29) is 24.2 Å². The molecule has 0 spiro atoms. The molecule has 2 aliphatic heterocycles. The summed E-state index contributed by atoms with van der Waals surface area (Å²) < 4.78 is 14.1. The first kappa shape index (κ1) is 16.2. The van der Waals surface area contributed by atoms with Crippen LogP contribution in [0.5, 0.6) is 0 Å². The van der Waals surface area contributed by atoms with E-state index in [0.29, 0.717) is 18.5 Å². The minimum Gasteiger partial charge on any atom is -0.320 e. The Kier molecular flexibility index (Phi) is 3.67. The first-order valence-electron chi connectivity index (χ1n) is 8.89. The molecule has 132 valence electrons. The van der Waals surface area contributed by atoms with E-state index in [1.54, 1.807) is 13.0 Å². The standard InChI is InChI=1S/C19H21FN2O3/c1-19(7-6-16(23)21-18(19)25)22-10-15-13(11-4-2-3-5-11)8-12(20)9-14(15)17(22)24/h8-9,11H,2-7,10H2,1H3,(H,21,23,25). The molecule has 3 aliphatic rings. The molecule has 1 aromatic carbocycles. The van der Waals surface area contributed by atoms with Gasteiger partial charge in [0.15, 0.2) is 0 Å². The van der Waals surface area contributed by atoms with Gasteiger partial charge < -0.3 is 4.90 Å². The second-order valence-corrected chi connectivity index (χ2v) is 7.54. The van der Waals surface area contributed by atoms with Crippen molar-refractivity contribution in [2.45, 2.75) is 63.5 Å². The number of nitrogens with one attached hydrogen (secondary N) is 1. The van der Waals surface area contributed by atoms with Crippen molar-refractivity contribution in [2.24, 2.45) is 0 Å². The van der Waals surface area contributed by atoms with Gasteiger partial charge in [0.2, 0.25) is 5.91 Å². The van der Waals surface area contributed by atoms with E-state index >= 15 is 0 Å². The van der Waals surface area contributed by atoms with Gasteiger partial charge >= 0.3 is 0 Å². The highest BCUT2D eigenvalue weighted by atomic mass is 19.1. The van der Waals surface area contributed by atoms with E-state index in [9.17, 15) is 18.8 Å². The maximum Gasteiger partial charge on any atom is 0.255 e. The van der Waals surface area contributed by atoms with Gasteiger partial charge in [-0.1, -0.05) is 12.8 Å². The third kappa shape index (κ3) is 2.46. The lowest BCUT2D eigenvalue weighted by molar-refractivity contribution is -0.142. The minimum absolute atomic E-state index is 0.201. The summed E-state index contributed by atoms with van der Waals surface area (Å²) in [6.07, 6.45) is 4.75. The highest BCUT2D eigenvalue weighted by molar-refractivity contribution is 6.07. The SMILES string of the molecule is CC1(N2Cc3c(cc(F)cc3C3CCCC3)C2=O)CCC(=O)NC1=O. The number of imide groups is 1. The van der Waals surface area contributed by atoms with Crippen LogP contribution < -0.4 is 5.32 Å². The second-order valence-electron chi connectivity index (χ2n) is 7.54. The molecule has 0 radical (unpaired) electrons. The van der Waals surface area contributed by atoms with Crippen LogP contribution in [-0.2, 0) is 16.1 Å². The number of halogens is 1. The Morgan fingerprint density at radius 3 is 2.60 bits per heavy atom. The van der Waals surface area contributed by atoms with Crippen molar-refractivity contribution in [2.75, 3.05) is 0 Å². The van der Waals surface area contributed by atoms with Gasteiger partial charge in [-0.2, -0.15) is 0 Å². The largest absolute Gasteiger partial charge is 0.320 e. The number of hydrogen-bond donors (Lipinski definition) is 1. The Hall–Kier alpha value is -2.24. The van der Waals surface area contributed by atoms with Gasteiger partial charge in [0.25, 0.3) is 11.8 Å². The van der Waals surface area contributed by atoms with Crippen molar-refractivity contribution < 1.29 is 18.8 Å². The lowest BCUT2D eigenvalue weighted by Crippen LogP contribution is -2.61. The summed E-state index contributed by atoms with van der Waals surface area (Å²) in [4.78, 5) is 38.3. The second kappa shape index (κ2) is 5.64. The molecule has 0 bridgehead atoms. The number of rotatable bonds is 2. The minimum atomic E-state index is -1.08. The Labute approximate surface area is 145 Å². The number of piperidine rings is 1. The van der Waals surface area contributed by atoms with Crippen LogP contribution >= 0.6 is 0 Å². The molecule has 1 aliphatic carbocycles.